The summed E-state index contributed by atoms with van der Waals surface area (Å²) in [5.74, 6) is 0.156. The number of anilines is 1. The molecule has 2 fully saturated rings. The van der Waals surface area contributed by atoms with Gasteiger partial charge in [0.2, 0.25) is 5.91 Å². The Hall–Kier alpha value is -2.33. The Morgan fingerprint density at radius 2 is 1.62 bits per heavy atom. The maximum atomic E-state index is 12.9. The van der Waals surface area contributed by atoms with Crippen molar-refractivity contribution in [2.75, 3.05) is 31.1 Å². The molecule has 1 saturated carbocycles. The minimum atomic E-state index is -0.184. The fourth-order valence-electron chi connectivity index (χ4n) is 3.81. The second-order valence-electron chi connectivity index (χ2n) is 7.41. The first-order valence-corrected chi connectivity index (χ1v) is 9.62. The minimum absolute atomic E-state index is 0.156. The number of hydrogen-bond acceptors (Lipinski definition) is 3. The number of benzene rings is 2. The Labute approximate surface area is 155 Å². The molecule has 136 valence electrons. The van der Waals surface area contributed by atoms with Gasteiger partial charge in [-0.25, -0.2) is 0 Å². The minimum Gasteiger partial charge on any atom is -0.369 e. The topological polar surface area (TPSA) is 35.6 Å². The third-order valence-electron chi connectivity index (χ3n) is 5.42. The first-order chi connectivity index (χ1) is 12.7. The Morgan fingerprint density at radius 1 is 0.962 bits per heavy atom. The molecular weight excluding hydrogens is 322 g/mol. The molecular formula is C22H27N3O. The van der Waals surface area contributed by atoms with Crippen LogP contribution < -0.4 is 10.2 Å². The number of amides is 1. The summed E-state index contributed by atoms with van der Waals surface area (Å²) in [5, 5.41) is 3.21. The van der Waals surface area contributed by atoms with Gasteiger partial charge < -0.3 is 10.2 Å². The van der Waals surface area contributed by atoms with Crippen molar-refractivity contribution >= 4 is 11.6 Å². The molecule has 1 unspecified atom stereocenters. The van der Waals surface area contributed by atoms with Crippen LogP contribution in [0.3, 0.4) is 0 Å². The largest absolute Gasteiger partial charge is 0.369 e. The highest BCUT2D eigenvalue weighted by molar-refractivity contribution is 5.83. The van der Waals surface area contributed by atoms with E-state index in [1.165, 1.54) is 11.3 Å². The Morgan fingerprint density at radius 3 is 2.27 bits per heavy atom. The lowest BCUT2D eigenvalue weighted by Gasteiger charge is -2.40. The highest BCUT2D eigenvalue weighted by atomic mass is 16.2. The number of rotatable bonds is 5. The summed E-state index contributed by atoms with van der Waals surface area (Å²) >= 11 is 0. The number of hydrogen-bond donors (Lipinski definition) is 1. The molecule has 0 spiro atoms. The van der Waals surface area contributed by atoms with Gasteiger partial charge in [0.1, 0.15) is 6.04 Å². The fourth-order valence-corrected chi connectivity index (χ4v) is 3.81. The molecule has 4 nitrogen and oxygen atoms in total. The molecule has 1 N–H and O–H groups in total. The zero-order valence-corrected chi connectivity index (χ0v) is 15.4. The molecule has 1 aliphatic carbocycles. The smallest absolute Gasteiger partial charge is 0.242 e. The van der Waals surface area contributed by atoms with Crippen LogP contribution in [0.15, 0.2) is 54.6 Å². The highest BCUT2D eigenvalue weighted by Gasteiger charge is 2.33. The molecule has 26 heavy (non-hydrogen) atoms. The van der Waals surface area contributed by atoms with Crippen molar-refractivity contribution in [1.29, 1.82) is 0 Å². The van der Waals surface area contributed by atoms with Crippen LogP contribution in [0.1, 0.15) is 30.0 Å². The molecule has 1 atom stereocenters. The molecule has 2 aliphatic rings. The lowest BCUT2D eigenvalue weighted by Crippen LogP contribution is -2.51. The summed E-state index contributed by atoms with van der Waals surface area (Å²) in [5.41, 5.74) is 3.72. The van der Waals surface area contributed by atoms with Crippen molar-refractivity contribution in [3.63, 3.8) is 0 Å². The molecule has 0 aromatic heterocycles. The normalized spacial score (nSPS) is 19.2. The fraction of sp³-hybridized carbons (Fsp3) is 0.409. The summed E-state index contributed by atoms with van der Waals surface area (Å²) in [6.45, 7) is 5.85. The molecule has 1 amide bonds. The number of nitrogens with zero attached hydrogens (tertiary/aromatic N) is 2. The van der Waals surface area contributed by atoms with Crippen LogP contribution in [0.2, 0.25) is 0 Å². The Kier molecular flexibility index (Phi) is 4.93. The van der Waals surface area contributed by atoms with Gasteiger partial charge in [0.05, 0.1) is 0 Å². The molecule has 1 saturated heterocycles. The second kappa shape index (κ2) is 7.50. The van der Waals surface area contributed by atoms with E-state index in [9.17, 15) is 4.79 Å². The quantitative estimate of drug-likeness (QED) is 0.901. The van der Waals surface area contributed by atoms with Crippen LogP contribution in [0.5, 0.6) is 0 Å². The van der Waals surface area contributed by atoms with E-state index in [1.807, 2.05) is 18.2 Å². The molecule has 0 bridgehead atoms. The predicted octanol–water partition coefficient (Wildman–Crippen LogP) is 3.14. The van der Waals surface area contributed by atoms with Crippen LogP contribution >= 0.6 is 0 Å². The van der Waals surface area contributed by atoms with E-state index < -0.39 is 0 Å². The maximum absolute atomic E-state index is 12.9. The van der Waals surface area contributed by atoms with Crippen LogP contribution in [-0.4, -0.2) is 43.0 Å². The number of para-hydroxylation sites is 1. The summed E-state index contributed by atoms with van der Waals surface area (Å²) in [6.07, 6.45) is 2.24. The van der Waals surface area contributed by atoms with Crippen LogP contribution in [0.4, 0.5) is 5.69 Å². The van der Waals surface area contributed by atoms with Crippen LogP contribution in [-0.2, 0) is 4.79 Å². The number of aryl methyl sites for hydroxylation is 1. The van der Waals surface area contributed by atoms with Crippen molar-refractivity contribution in [1.82, 2.24) is 10.2 Å². The number of piperazine rings is 1. The van der Waals surface area contributed by atoms with E-state index in [-0.39, 0.29) is 11.9 Å². The van der Waals surface area contributed by atoms with Crippen molar-refractivity contribution < 1.29 is 4.79 Å². The molecule has 1 aliphatic heterocycles. The van der Waals surface area contributed by atoms with Gasteiger partial charge in [-0.2, -0.15) is 0 Å². The zero-order chi connectivity index (χ0) is 17.9. The second-order valence-corrected chi connectivity index (χ2v) is 7.41. The Bertz CT molecular complexity index is 749. The average molecular weight is 349 g/mol. The van der Waals surface area contributed by atoms with Gasteiger partial charge in [-0.3, -0.25) is 9.69 Å². The summed E-state index contributed by atoms with van der Waals surface area (Å²) in [6, 6.07) is 19.0. The van der Waals surface area contributed by atoms with Gasteiger partial charge >= 0.3 is 0 Å². The summed E-state index contributed by atoms with van der Waals surface area (Å²) < 4.78 is 0. The standard InChI is InChI=1S/C22H27N3O/c1-17-7-5-6-10-20(17)24-13-15-25(16-14-24)21(18-8-3-2-4-9-18)22(26)23-19-11-12-19/h2-10,19,21H,11-16H2,1H3,(H,23,26). The summed E-state index contributed by atoms with van der Waals surface area (Å²) in [4.78, 5) is 17.7. The van der Waals surface area contributed by atoms with Crippen molar-refractivity contribution in [3.8, 4) is 0 Å². The lowest BCUT2D eigenvalue weighted by molar-refractivity contribution is -0.127. The SMILES string of the molecule is Cc1ccccc1N1CCN(C(C(=O)NC2CC2)c2ccccc2)CC1. The van der Waals surface area contributed by atoms with Crippen molar-refractivity contribution in [2.24, 2.45) is 0 Å². The van der Waals surface area contributed by atoms with Crippen LogP contribution in [0, 0.1) is 6.92 Å². The van der Waals surface area contributed by atoms with E-state index >= 15 is 0 Å². The van der Waals surface area contributed by atoms with Gasteiger partial charge in [-0.1, -0.05) is 48.5 Å². The zero-order valence-electron chi connectivity index (χ0n) is 15.4. The van der Waals surface area contributed by atoms with Gasteiger partial charge in [-0.15, -0.1) is 0 Å². The number of carbonyl (C=O) groups is 1. The summed E-state index contributed by atoms with van der Waals surface area (Å²) in [7, 11) is 0. The molecule has 2 aromatic carbocycles. The van der Waals surface area contributed by atoms with Gasteiger partial charge in [0, 0.05) is 37.9 Å². The van der Waals surface area contributed by atoms with Gasteiger partial charge in [0.25, 0.3) is 0 Å². The third kappa shape index (κ3) is 3.75. The molecule has 1 heterocycles. The number of carbonyl (C=O) groups excluding carboxylic acids is 1. The highest BCUT2D eigenvalue weighted by Crippen LogP contribution is 2.27. The van der Waals surface area contributed by atoms with Crippen molar-refractivity contribution in [3.05, 3.63) is 65.7 Å². The van der Waals surface area contributed by atoms with E-state index in [0.29, 0.717) is 6.04 Å². The predicted molar refractivity (Wildman–Crippen MR) is 105 cm³/mol. The third-order valence-corrected chi connectivity index (χ3v) is 5.42. The van der Waals surface area contributed by atoms with E-state index in [4.69, 9.17) is 0 Å². The lowest BCUT2D eigenvalue weighted by atomic mass is 10.0. The van der Waals surface area contributed by atoms with Crippen molar-refractivity contribution in [2.45, 2.75) is 31.8 Å². The van der Waals surface area contributed by atoms with Crippen LogP contribution in [0.25, 0.3) is 0 Å². The first kappa shape index (κ1) is 17.1. The first-order valence-electron chi connectivity index (χ1n) is 9.62. The molecule has 4 rings (SSSR count). The molecule has 0 radical (unpaired) electrons. The number of nitrogens with one attached hydrogen (secondary N) is 1. The van der Waals surface area contributed by atoms with Gasteiger partial charge in [-0.05, 0) is 37.0 Å². The van der Waals surface area contributed by atoms with E-state index in [2.05, 4.69) is 58.4 Å². The molecule has 2 aromatic rings. The van der Waals surface area contributed by atoms with E-state index in [1.54, 1.807) is 0 Å². The Balaban J connectivity index is 1.49. The average Bonchev–Trinajstić information content (AvgIpc) is 3.48. The molecule has 4 heteroatoms. The maximum Gasteiger partial charge on any atom is 0.242 e. The monoisotopic (exact) mass is 349 g/mol. The van der Waals surface area contributed by atoms with E-state index in [0.717, 1.165) is 44.6 Å². The van der Waals surface area contributed by atoms with Gasteiger partial charge in [0.15, 0.2) is 0 Å².